The van der Waals surface area contributed by atoms with E-state index in [-0.39, 0.29) is 10.6 Å². The van der Waals surface area contributed by atoms with Crippen LogP contribution in [0.1, 0.15) is 20.2 Å². The number of carbonyl (C=O) groups excluding carboxylic acids is 1. The minimum absolute atomic E-state index is 0.176. The highest BCUT2D eigenvalue weighted by molar-refractivity contribution is 7.18. The zero-order valence-corrected chi connectivity index (χ0v) is 8.78. The number of thiophene rings is 1. The molecule has 6 heteroatoms. The van der Waals surface area contributed by atoms with Crippen LogP contribution >= 0.6 is 11.3 Å². The summed E-state index contributed by atoms with van der Waals surface area (Å²) in [7, 11) is 0. The molecule has 2 aromatic heterocycles. The fraction of sp³-hybridized carbons (Fsp3) is 0. The number of carbonyl (C=O) groups is 2. The molecule has 0 radical (unpaired) electrons. The second-order valence-electron chi connectivity index (χ2n) is 2.90. The van der Waals surface area contributed by atoms with Crippen molar-refractivity contribution in [2.45, 2.75) is 0 Å². The largest absolute Gasteiger partial charge is 0.477 e. The Balaban J connectivity index is 2.09. The molecule has 0 saturated heterocycles. The van der Waals surface area contributed by atoms with E-state index in [1.54, 1.807) is 6.07 Å². The van der Waals surface area contributed by atoms with Crippen molar-refractivity contribution in [3.05, 3.63) is 41.2 Å². The van der Waals surface area contributed by atoms with Gasteiger partial charge in [-0.1, -0.05) is 0 Å². The van der Waals surface area contributed by atoms with Gasteiger partial charge in [0.1, 0.15) is 4.88 Å². The Morgan fingerprint density at radius 2 is 2.12 bits per heavy atom. The van der Waals surface area contributed by atoms with Crippen LogP contribution in [0.2, 0.25) is 0 Å². The number of hydrogen-bond acceptors (Lipinski definition) is 4. The maximum atomic E-state index is 11.5. The van der Waals surface area contributed by atoms with Crippen molar-refractivity contribution in [3.63, 3.8) is 0 Å². The van der Waals surface area contributed by atoms with Crippen molar-refractivity contribution < 1.29 is 19.1 Å². The molecule has 0 aliphatic rings. The van der Waals surface area contributed by atoms with Crippen LogP contribution < -0.4 is 5.32 Å². The van der Waals surface area contributed by atoms with Gasteiger partial charge in [-0.3, -0.25) is 4.79 Å². The van der Waals surface area contributed by atoms with Gasteiger partial charge in [-0.15, -0.1) is 11.3 Å². The zero-order chi connectivity index (χ0) is 11.5. The van der Waals surface area contributed by atoms with Crippen LogP contribution in [0, 0.1) is 0 Å². The molecule has 2 rings (SSSR count). The summed E-state index contributed by atoms with van der Waals surface area (Å²) in [6.07, 6.45) is 1.39. The average molecular weight is 237 g/mol. The molecule has 0 aliphatic carbocycles. The van der Waals surface area contributed by atoms with Crippen molar-refractivity contribution in [2.75, 3.05) is 5.32 Å². The average Bonchev–Trinajstić information content (AvgIpc) is 2.87. The quantitative estimate of drug-likeness (QED) is 0.858. The molecule has 0 aliphatic heterocycles. The Bertz CT molecular complexity index is 515. The molecule has 0 atom stereocenters. The van der Waals surface area contributed by atoms with E-state index in [4.69, 9.17) is 9.52 Å². The van der Waals surface area contributed by atoms with Gasteiger partial charge in [0, 0.05) is 0 Å². The van der Waals surface area contributed by atoms with Crippen LogP contribution in [0.5, 0.6) is 0 Å². The van der Waals surface area contributed by atoms with Crippen LogP contribution in [0.15, 0.2) is 34.9 Å². The molecule has 2 heterocycles. The second kappa shape index (κ2) is 4.19. The monoisotopic (exact) mass is 237 g/mol. The standard InChI is InChI=1S/C10H7NO4S/c12-9(6-2-1-5-15-6)11-8-4-3-7(16-8)10(13)14/h1-5H,(H,11,12)(H,13,14). The van der Waals surface area contributed by atoms with Gasteiger partial charge in [-0.05, 0) is 24.3 Å². The lowest BCUT2D eigenvalue weighted by Gasteiger charge is -1.97. The first kappa shape index (κ1) is 10.4. The predicted octanol–water partition coefficient (Wildman–Crippen LogP) is 2.29. The Hall–Kier alpha value is -2.08. The molecule has 0 unspecified atom stereocenters. The summed E-state index contributed by atoms with van der Waals surface area (Å²) < 4.78 is 4.90. The molecule has 2 N–H and O–H groups in total. The van der Waals surface area contributed by atoms with Gasteiger partial charge in [-0.25, -0.2) is 4.79 Å². The Labute approximate surface area is 94.3 Å². The van der Waals surface area contributed by atoms with E-state index >= 15 is 0 Å². The van der Waals surface area contributed by atoms with Gasteiger partial charge < -0.3 is 14.8 Å². The molecule has 82 valence electrons. The number of carboxylic acid groups (broad SMARTS) is 1. The smallest absolute Gasteiger partial charge is 0.345 e. The molecule has 16 heavy (non-hydrogen) atoms. The van der Waals surface area contributed by atoms with Gasteiger partial charge in [0.25, 0.3) is 5.91 Å². The molecule has 5 nitrogen and oxygen atoms in total. The summed E-state index contributed by atoms with van der Waals surface area (Å²) in [4.78, 5) is 22.3. The number of anilines is 1. The van der Waals surface area contributed by atoms with Crippen molar-refractivity contribution in [1.82, 2.24) is 0 Å². The fourth-order valence-electron chi connectivity index (χ4n) is 1.10. The Morgan fingerprint density at radius 1 is 1.31 bits per heavy atom. The van der Waals surface area contributed by atoms with Crippen molar-refractivity contribution in [1.29, 1.82) is 0 Å². The molecule has 0 spiro atoms. The third-order valence-corrected chi connectivity index (χ3v) is 2.79. The lowest BCUT2D eigenvalue weighted by Crippen LogP contribution is -2.09. The summed E-state index contributed by atoms with van der Waals surface area (Å²) in [6.45, 7) is 0. The van der Waals surface area contributed by atoms with Gasteiger partial charge in [0.2, 0.25) is 0 Å². The van der Waals surface area contributed by atoms with Crippen molar-refractivity contribution >= 4 is 28.2 Å². The predicted molar refractivity (Wildman–Crippen MR) is 57.9 cm³/mol. The van der Waals surface area contributed by atoms with E-state index in [0.29, 0.717) is 5.00 Å². The first-order valence-corrected chi connectivity index (χ1v) is 5.16. The summed E-state index contributed by atoms with van der Waals surface area (Å²) in [5, 5.41) is 11.7. The van der Waals surface area contributed by atoms with Crippen LogP contribution in [0.3, 0.4) is 0 Å². The number of hydrogen-bond donors (Lipinski definition) is 2. The molecule has 2 aromatic rings. The topological polar surface area (TPSA) is 79.5 Å². The highest BCUT2D eigenvalue weighted by atomic mass is 32.1. The van der Waals surface area contributed by atoms with E-state index in [1.165, 1.54) is 24.5 Å². The van der Waals surface area contributed by atoms with E-state index in [0.717, 1.165) is 11.3 Å². The lowest BCUT2D eigenvalue weighted by atomic mass is 10.4. The summed E-state index contributed by atoms with van der Waals surface area (Å²) in [5.74, 6) is -1.22. The molecule has 0 fully saturated rings. The van der Waals surface area contributed by atoms with E-state index in [9.17, 15) is 9.59 Å². The normalized spacial score (nSPS) is 10.0. The van der Waals surface area contributed by atoms with E-state index < -0.39 is 11.9 Å². The molecular formula is C10H7NO4S. The molecule has 0 aromatic carbocycles. The van der Waals surface area contributed by atoms with E-state index in [2.05, 4.69) is 5.32 Å². The molecule has 0 bridgehead atoms. The Kier molecular flexibility index (Phi) is 2.74. The minimum atomic E-state index is -1.01. The van der Waals surface area contributed by atoms with Crippen LogP contribution in [-0.4, -0.2) is 17.0 Å². The van der Waals surface area contributed by atoms with Crippen molar-refractivity contribution in [2.24, 2.45) is 0 Å². The van der Waals surface area contributed by atoms with Crippen molar-refractivity contribution in [3.8, 4) is 0 Å². The fourth-order valence-corrected chi connectivity index (χ4v) is 1.84. The third-order valence-electron chi connectivity index (χ3n) is 1.80. The molecule has 0 saturated carbocycles. The SMILES string of the molecule is O=C(Nc1ccc(C(=O)O)s1)c1ccco1. The second-order valence-corrected chi connectivity index (χ2v) is 3.98. The minimum Gasteiger partial charge on any atom is -0.477 e. The number of carboxylic acids is 1. The lowest BCUT2D eigenvalue weighted by molar-refractivity contribution is 0.0702. The van der Waals surface area contributed by atoms with Gasteiger partial charge >= 0.3 is 5.97 Å². The number of nitrogens with one attached hydrogen (secondary N) is 1. The van der Waals surface area contributed by atoms with E-state index in [1.807, 2.05) is 0 Å². The van der Waals surface area contributed by atoms with Crippen LogP contribution in [0.4, 0.5) is 5.00 Å². The molecule has 1 amide bonds. The Morgan fingerprint density at radius 3 is 2.69 bits per heavy atom. The van der Waals surface area contributed by atoms with Crippen LogP contribution in [0.25, 0.3) is 0 Å². The van der Waals surface area contributed by atoms with Gasteiger partial charge in [-0.2, -0.15) is 0 Å². The van der Waals surface area contributed by atoms with Gasteiger partial charge in [0.05, 0.1) is 11.3 Å². The first-order chi connectivity index (χ1) is 7.66. The highest BCUT2D eigenvalue weighted by Gasteiger charge is 2.12. The zero-order valence-electron chi connectivity index (χ0n) is 7.97. The first-order valence-electron chi connectivity index (χ1n) is 4.35. The summed E-state index contributed by atoms with van der Waals surface area (Å²) in [5.41, 5.74) is 0. The van der Waals surface area contributed by atoms with Crippen LogP contribution in [-0.2, 0) is 0 Å². The number of amides is 1. The summed E-state index contributed by atoms with van der Waals surface area (Å²) in [6, 6.07) is 6.10. The number of aromatic carboxylic acids is 1. The molecular weight excluding hydrogens is 230 g/mol. The maximum absolute atomic E-state index is 11.5. The van der Waals surface area contributed by atoms with Gasteiger partial charge in [0.15, 0.2) is 5.76 Å². The number of furan rings is 1. The summed E-state index contributed by atoms with van der Waals surface area (Å²) >= 11 is 0.993. The maximum Gasteiger partial charge on any atom is 0.345 e. The highest BCUT2D eigenvalue weighted by Crippen LogP contribution is 2.22. The third kappa shape index (κ3) is 2.12. The number of rotatable bonds is 3.